The molecule has 20 heavy (non-hydrogen) atoms. The fourth-order valence-electron chi connectivity index (χ4n) is 2.08. The van der Waals surface area contributed by atoms with Crippen LogP contribution in [-0.4, -0.2) is 4.98 Å². The third-order valence-corrected chi connectivity index (χ3v) is 4.31. The minimum Gasteiger partial charge on any atom is -0.379 e. The van der Waals surface area contributed by atoms with Gasteiger partial charge >= 0.3 is 0 Å². The lowest BCUT2D eigenvalue weighted by Gasteiger charge is -2.06. The molecule has 0 bridgehead atoms. The lowest BCUT2D eigenvalue weighted by atomic mass is 10.2. The van der Waals surface area contributed by atoms with Gasteiger partial charge < -0.3 is 5.32 Å². The topological polar surface area (TPSA) is 24.9 Å². The van der Waals surface area contributed by atoms with Gasteiger partial charge in [-0.1, -0.05) is 30.3 Å². The van der Waals surface area contributed by atoms with E-state index >= 15 is 0 Å². The van der Waals surface area contributed by atoms with Crippen molar-refractivity contribution >= 4 is 17.0 Å². The molecule has 1 aromatic carbocycles. The minimum absolute atomic E-state index is 0.837. The SMILES string of the molecule is Cc1ncccc1NCc1ccc(-c2ccccc2)s1. The van der Waals surface area contributed by atoms with Crippen LogP contribution < -0.4 is 5.32 Å². The first kappa shape index (κ1) is 12.9. The fraction of sp³-hybridized carbons (Fsp3) is 0.118. The van der Waals surface area contributed by atoms with Gasteiger partial charge in [-0.2, -0.15) is 0 Å². The molecule has 0 spiro atoms. The molecule has 0 radical (unpaired) electrons. The fourth-order valence-corrected chi connectivity index (χ4v) is 3.04. The Kier molecular flexibility index (Phi) is 3.79. The van der Waals surface area contributed by atoms with E-state index in [9.17, 15) is 0 Å². The second kappa shape index (κ2) is 5.88. The Morgan fingerprint density at radius 2 is 1.85 bits per heavy atom. The molecule has 2 heterocycles. The summed E-state index contributed by atoms with van der Waals surface area (Å²) in [5, 5.41) is 3.44. The first-order chi connectivity index (χ1) is 9.83. The quantitative estimate of drug-likeness (QED) is 0.747. The van der Waals surface area contributed by atoms with E-state index < -0.39 is 0 Å². The van der Waals surface area contributed by atoms with Gasteiger partial charge in [0.05, 0.1) is 11.4 Å². The zero-order valence-corrected chi connectivity index (χ0v) is 12.2. The molecule has 3 rings (SSSR count). The molecule has 0 amide bonds. The molecule has 0 aliphatic rings. The first-order valence-electron chi connectivity index (χ1n) is 6.62. The predicted molar refractivity (Wildman–Crippen MR) is 86.1 cm³/mol. The largest absolute Gasteiger partial charge is 0.379 e. The number of anilines is 1. The molecule has 0 atom stereocenters. The molecular weight excluding hydrogens is 264 g/mol. The molecule has 0 saturated heterocycles. The number of rotatable bonds is 4. The smallest absolute Gasteiger partial charge is 0.0603 e. The summed E-state index contributed by atoms with van der Waals surface area (Å²) in [6, 6.07) is 18.9. The molecule has 1 N–H and O–H groups in total. The summed E-state index contributed by atoms with van der Waals surface area (Å²) in [6.45, 7) is 2.86. The molecule has 0 fully saturated rings. The van der Waals surface area contributed by atoms with Crippen LogP contribution in [0.1, 0.15) is 10.6 Å². The predicted octanol–water partition coefficient (Wildman–Crippen LogP) is 4.73. The van der Waals surface area contributed by atoms with Gasteiger partial charge in [0, 0.05) is 22.5 Å². The van der Waals surface area contributed by atoms with Crippen molar-refractivity contribution in [3.05, 3.63) is 71.4 Å². The number of hydrogen-bond acceptors (Lipinski definition) is 3. The van der Waals surface area contributed by atoms with Crippen LogP contribution in [0.15, 0.2) is 60.8 Å². The molecule has 3 aromatic rings. The number of pyridine rings is 1. The monoisotopic (exact) mass is 280 g/mol. The molecule has 0 aliphatic heterocycles. The normalized spacial score (nSPS) is 10.4. The van der Waals surface area contributed by atoms with Gasteiger partial charge in [-0.15, -0.1) is 11.3 Å². The second-order valence-electron chi connectivity index (χ2n) is 4.62. The average molecular weight is 280 g/mol. The van der Waals surface area contributed by atoms with Crippen molar-refractivity contribution in [2.24, 2.45) is 0 Å². The van der Waals surface area contributed by atoms with Crippen LogP contribution in [0.3, 0.4) is 0 Å². The highest BCUT2D eigenvalue weighted by molar-refractivity contribution is 7.15. The molecule has 0 saturated carbocycles. The van der Waals surface area contributed by atoms with E-state index in [0.717, 1.165) is 17.9 Å². The van der Waals surface area contributed by atoms with E-state index in [1.807, 2.05) is 36.6 Å². The van der Waals surface area contributed by atoms with Gasteiger partial charge in [0.15, 0.2) is 0 Å². The molecule has 3 heteroatoms. The highest BCUT2D eigenvalue weighted by Crippen LogP contribution is 2.28. The van der Waals surface area contributed by atoms with E-state index in [1.165, 1.54) is 15.3 Å². The van der Waals surface area contributed by atoms with E-state index in [2.05, 4.69) is 52.8 Å². The lowest BCUT2D eigenvalue weighted by Crippen LogP contribution is -1.99. The Morgan fingerprint density at radius 3 is 2.65 bits per heavy atom. The zero-order valence-electron chi connectivity index (χ0n) is 11.3. The van der Waals surface area contributed by atoms with E-state index in [-0.39, 0.29) is 0 Å². The Balaban J connectivity index is 1.71. The number of aryl methyl sites for hydroxylation is 1. The summed E-state index contributed by atoms with van der Waals surface area (Å²) >= 11 is 1.83. The van der Waals surface area contributed by atoms with Crippen LogP contribution in [0, 0.1) is 6.92 Å². The maximum atomic E-state index is 4.29. The van der Waals surface area contributed by atoms with Gasteiger partial charge in [0.1, 0.15) is 0 Å². The van der Waals surface area contributed by atoms with E-state index in [0.29, 0.717) is 0 Å². The van der Waals surface area contributed by atoms with Crippen molar-refractivity contribution in [3.63, 3.8) is 0 Å². The summed E-state index contributed by atoms with van der Waals surface area (Å²) in [4.78, 5) is 6.92. The Labute approximate surface area is 123 Å². The van der Waals surface area contributed by atoms with Gasteiger partial charge in [-0.05, 0) is 36.8 Å². The average Bonchev–Trinajstić information content (AvgIpc) is 2.96. The standard InChI is InChI=1S/C17H16N2S/c1-13-16(8-5-11-18-13)19-12-15-9-10-17(20-15)14-6-3-2-4-7-14/h2-11,19H,12H2,1H3. The van der Waals surface area contributed by atoms with Gasteiger partial charge in [-0.25, -0.2) is 0 Å². The molecule has 0 aliphatic carbocycles. The number of thiophene rings is 1. The van der Waals surface area contributed by atoms with E-state index in [1.54, 1.807) is 0 Å². The van der Waals surface area contributed by atoms with Crippen molar-refractivity contribution in [2.45, 2.75) is 13.5 Å². The van der Waals surface area contributed by atoms with Crippen LogP contribution in [0.5, 0.6) is 0 Å². The Bertz CT molecular complexity index is 689. The highest BCUT2D eigenvalue weighted by atomic mass is 32.1. The Hall–Kier alpha value is -2.13. The van der Waals surface area contributed by atoms with Crippen molar-refractivity contribution in [3.8, 4) is 10.4 Å². The van der Waals surface area contributed by atoms with Crippen LogP contribution >= 0.6 is 11.3 Å². The minimum atomic E-state index is 0.837. The van der Waals surface area contributed by atoms with Gasteiger partial charge in [0.2, 0.25) is 0 Å². The Morgan fingerprint density at radius 1 is 1.00 bits per heavy atom. The molecule has 2 aromatic heterocycles. The molecule has 0 unspecified atom stereocenters. The number of nitrogens with one attached hydrogen (secondary N) is 1. The number of hydrogen-bond donors (Lipinski definition) is 1. The summed E-state index contributed by atoms with van der Waals surface area (Å²) in [5.41, 5.74) is 3.41. The van der Waals surface area contributed by atoms with Gasteiger partial charge in [0.25, 0.3) is 0 Å². The summed E-state index contributed by atoms with van der Waals surface area (Å²) in [5.74, 6) is 0. The third kappa shape index (κ3) is 2.89. The summed E-state index contributed by atoms with van der Waals surface area (Å²) in [6.07, 6.45) is 1.82. The summed E-state index contributed by atoms with van der Waals surface area (Å²) in [7, 11) is 0. The molecule has 100 valence electrons. The molecule has 2 nitrogen and oxygen atoms in total. The van der Waals surface area contributed by atoms with Crippen LogP contribution in [-0.2, 0) is 6.54 Å². The number of nitrogens with zero attached hydrogens (tertiary/aromatic N) is 1. The second-order valence-corrected chi connectivity index (χ2v) is 5.79. The first-order valence-corrected chi connectivity index (χ1v) is 7.44. The van der Waals surface area contributed by atoms with Crippen molar-refractivity contribution in [2.75, 3.05) is 5.32 Å². The maximum absolute atomic E-state index is 4.29. The van der Waals surface area contributed by atoms with Crippen molar-refractivity contribution < 1.29 is 0 Å². The number of benzene rings is 1. The maximum Gasteiger partial charge on any atom is 0.0603 e. The van der Waals surface area contributed by atoms with Crippen LogP contribution in [0.2, 0.25) is 0 Å². The van der Waals surface area contributed by atoms with Crippen molar-refractivity contribution in [1.82, 2.24) is 4.98 Å². The van der Waals surface area contributed by atoms with Crippen molar-refractivity contribution in [1.29, 1.82) is 0 Å². The lowest BCUT2D eigenvalue weighted by molar-refractivity contribution is 1.13. The van der Waals surface area contributed by atoms with Gasteiger partial charge in [-0.3, -0.25) is 4.98 Å². The van der Waals surface area contributed by atoms with E-state index in [4.69, 9.17) is 0 Å². The summed E-state index contributed by atoms with van der Waals surface area (Å²) < 4.78 is 0. The molecular formula is C17H16N2S. The third-order valence-electron chi connectivity index (χ3n) is 3.18. The number of aromatic nitrogens is 1. The van der Waals surface area contributed by atoms with Crippen LogP contribution in [0.25, 0.3) is 10.4 Å². The zero-order chi connectivity index (χ0) is 13.8. The van der Waals surface area contributed by atoms with Crippen LogP contribution in [0.4, 0.5) is 5.69 Å². The highest BCUT2D eigenvalue weighted by Gasteiger charge is 2.03.